The molecule has 1 aliphatic rings. The Kier molecular flexibility index (Phi) is 5.69. The maximum absolute atomic E-state index is 12.5. The molecule has 1 fully saturated rings. The monoisotopic (exact) mass is 433 g/mol. The number of rotatable bonds is 7. The number of nitrogens with zero attached hydrogens (tertiary/aromatic N) is 3. The zero-order chi connectivity index (χ0) is 23.0. The molecule has 0 unspecified atom stereocenters. The smallest absolute Gasteiger partial charge is 0.271 e. The minimum Gasteiger partial charge on any atom is -0.496 e. The van der Waals surface area contributed by atoms with E-state index in [-0.39, 0.29) is 17.6 Å². The standard InChI is InChI=1S/C24H27N5O3/c1-13(14-5-6-14)26-21-17-9-7-15(12-19(17)27-28-22(21)23(25)30)18-11-16(24(31)29(2)3)8-10-20(18)32-4/h7-14H,5-6H2,1-4H3,(H2,25,30)(H,26,27)/t13-/m1/s1. The first-order valence-electron chi connectivity index (χ1n) is 10.6. The quantitative estimate of drug-likeness (QED) is 0.591. The van der Waals surface area contributed by atoms with Gasteiger partial charge in [-0.15, -0.1) is 10.2 Å². The van der Waals surface area contributed by atoms with Crippen LogP contribution in [0.5, 0.6) is 5.75 Å². The highest BCUT2D eigenvalue weighted by Gasteiger charge is 2.29. The second-order valence-corrected chi connectivity index (χ2v) is 8.40. The van der Waals surface area contributed by atoms with Crippen LogP contribution in [0.2, 0.25) is 0 Å². The van der Waals surface area contributed by atoms with Gasteiger partial charge in [-0.3, -0.25) is 9.59 Å². The highest BCUT2D eigenvalue weighted by Crippen LogP contribution is 2.37. The molecule has 3 aromatic rings. The van der Waals surface area contributed by atoms with Gasteiger partial charge in [0.15, 0.2) is 5.69 Å². The van der Waals surface area contributed by atoms with Gasteiger partial charge in [0, 0.05) is 36.7 Å². The number of nitrogens with one attached hydrogen (secondary N) is 1. The van der Waals surface area contributed by atoms with Crippen LogP contribution in [-0.2, 0) is 0 Å². The van der Waals surface area contributed by atoms with Gasteiger partial charge >= 0.3 is 0 Å². The van der Waals surface area contributed by atoms with E-state index in [2.05, 4.69) is 22.4 Å². The highest BCUT2D eigenvalue weighted by molar-refractivity contribution is 6.05. The molecule has 0 aliphatic heterocycles. The van der Waals surface area contributed by atoms with Crippen LogP contribution in [0.1, 0.15) is 40.6 Å². The molecule has 1 atom stereocenters. The third kappa shape index (κ3) is 4.08. The average molecular weight is 434 g/mol. The lowest BCUT2D eigenvalue weighted by atomic mass is 9.99. The summed E-state index contributed by atoms with van der Waals surface area (Å²) in [6, 6.07) is 11.2. The number of primary amides is 1. The Labute approximate surface area is 186 Å². The van der Waals surface area contributed by atoms with E-state index in [4.69, 9.17) is 10.5 Å². The minimum absolute atomic E-state index is 0.0962. The van der Waals surface area contributed by atoms with Gasteiger partial charge in [0.25, 0.3) is 11.8 Å². The van der Waals surface area contributed by atoms with Crippen molar-refractivity contribution in [2.24, 2.45) is 11.7 Å². The Morgan fingerprint density at radius 1 is 1.16 bits per heavy atom. The Bertz CT molecular complexity index is 1200. The highest BCUT2D eigenvalue weighted by atomic mass is 16.5. The Morgan fingerprint density at radius 3 is 2.53 bits per heavy atom. The van der Waals surface area contributed by atoms with Gasteiger partial charge in [-0.2, -0.15) is 0 Å². The van der Waals surface area contributed by atoms with E-state index in [9.17, 15) is 9.59 Å². The predicted molar refractivity (Wildman–Crippen MR) is 124 cm³/mol. The molecule has 1 aliphatic carbocycles. The first kappa shape index (κ1) is 21.5. The van der Waals surface area contributed by atoms with Crippen molar-refractivity contribution >= 4 is 28.4 Å². The molecule has 0 radical (unpaired) electrons. The fraction of sp³-hybridized carbons (Fsp3) is 0.333. The van der Waals surface area contributed by atoms with Crippen LogP contribution in [0.4, 0.5) is 5.69 Å². The van der Waals surface area contributed by atoms with Gasteiger partial charge in [-0.05, 0) is 61.6 Å². The van der Waals surface area contributed by atoms with E-state index < -0.39 is 5.91 Å². The molecular weight excluding hydrogens is 406 g/mol. The fourth-order valence-corrected chi connectivity index (χ4v) is 3.86. The summed E-state index contributed by atoms with van der Waals surface area (Å²) in [5.74, 6) is 0.508. The van der Waals surface area contributed by atoms with E-state index >= 15 is 0 Å². The normalized spacial score (nSPS) is 14.1. The molecule has 2 amide bonds. The van der Waals surface area contributed by atoms with Crippen LogP contribution < -0.4 is 15.8 Å². The molecule has 3 N–H and O–H groups in total. The van der Waals surface area contributed by atoms with Gasteiger partial charge < -0.3 is 20.7 Å². The summed E-state index contributed by atoms with van der Waals surface area (Å²) >= 11 is 0. The fourth-order valence-electron chi connectivity index (χ4n) is 3.86. The van der Waals surface area contributed by atoms with E-state index in [1.807, 2.05) is 24.3 Å². The van der Waals surface area contributed by atoms with Gasteiger partial charge in [-0.25, -0.2) is 0 Å². The molecule has 0 bridgehead atoms. The lowest BCUT2D eigenvalue weighted by Crippen LogP contribution is -2.23. The van der Waals surface area contributed by atoms with Crippen LogP contribution in [-0.4, -0.2) is 54.2 Å². The number of methoxy groups -OCH3 is 1. The first-order chi connectivity index (χ1) is 15.3. The van der Waals surface area contributed by atoms with Gasteiger partial charge in [0.1, 0.15) is 5.75 Å². The van der Waals surface area contributed by atoms with Crippen molar-refractivity contribution < 1.29 is 14.3 Å². The van der Waals surface area contributed by atoms with E-state index in [1.165, 1.54) is 17.7 Å². The lowest BCUT2D eigenvalue weighted by molar-refractivity contribution is 0.0827. The molecule has 32 heavy (non-hydrogen) atoms. The van der Waals surface area contributed by atoms with E-state index in [1.54, 1.807) is 33.3 Å². The summed E-state index contributed by atoms with van der Waals surface area (Å²) in [5, 5.41) is 12.6. The number of hydrogen-bond donors (Lipinski definition) is 2. The number of hydrogen-bond acceptors (Lipinski definition) is 6. The van der Waals surface area contributed by atoms with Crippen LogP contribution in [0.15, 0.2) is 36.4 Å². The predicted octanol–water partition coefficient (Wildman–Crippen LogP) is 3.32. The Hall–Kier alpha value is -3.68. The molecule has 166 valence electrons. The zero-order valence-electron chi connectivity index (χ0n) is 18.7. The van der Waals surface area contributed by atoms with Crippen molar-refractivity contribution in [3.63, 3.8) is 0 Å². The number of aromatic nitrogens is 2. The summed E-state index contributed by atoms with van der Waals surface area (Å²) in [6.45, 7) is 2.10. The summed E-state index contributed by atoms with van der Waals surface area (Å²) in [6.07, 6.45) is 2.34. The van der Waals surface area contributed by atoms with Crippen molar-refractivity contribution in [1.82, 2.24) is 15.1 Å². The second-order valence-electron chi connectivity index (χ2n) is 8.40. The number of carbonyl (C=O) groups is 2. The van der Waals surface area contributed by atoms with Crippen LogP contribution in [0.3, 0.4) is 0 Å². The molecular formula is C24H27N5O3. The molecule has 1 saturated carbocycles. The third-order valence-electron chi connectivity index (χ3n) is 5.86. The van der Waals surface area contributed by atoms with Crippen molar-refractivity contribution in [2.45, 2.75) is 25.8 Å². The van der Waals surface area contributed by atoms with Crippen LogP contribution in [0, 0.1) is 5.92 Å². The number of fused-ring (bicyclic) bond motifs is 1. The average Bonchev–Trinajstić information content (AvgIpc) is 3.63. The van der Waals surface area contributed by atoms with Crippen molar-refractivity contribution in [3.8, 4) is 16.9 Å². The minimum atomic E-state index is -0.620. The number of benzene rings is 2. The summed E-state index contributed by atoms with van der Waals surface area (Å²) in [4.78, 5) is 26.0. The summed E-state index contributed by atoms with van der Waals surface area (Å²) in [5.41, 5.74) is 9.07. The van der Waals surface area contributed by atoms with E-state index in [0.717, 1.165) is 16.5 Å². The van der Waals surface area contributed by atoms with Gasteiger partial charge in [0.05, 0.1) is 18.3 Å². The molecule has 1 heterocycles. The number of carbonyl (C=O) groups excluding carboxylic acids is 2. The molecule has 8 nitrogen and oxygen atoms in total. The molecule has 0 spiro atoms. The van der Waals surface area contributed by atoms with E-state index in [0.29, 0.717) is 28.4 Å². The van der Waals surface area contributed by atoms with Crippen molar-refractivity contribution in [3.05, 3.63) is 47.7 Å². The molecule has 4 rings (SSSR count). The second kappa shape index (κ2) is 8.45. The molecule has 0 saturated heterocycles. The van der Waals surface area contributed by atoms with Crippen molar-refractivity contribution in [1.29, 1.82) is 0 Å². The van der Waals surface area contributed by atoms with Gasteiger partial charge in [-0.1, -0.05) is 6.07 Å². The molecule has 1 aromatic heterocycles. The maximum atomic E-state index is 12.5. The lowest BCUT2D eigenvalue weighted by Gasteiger charge is -2.18. The largest absolute Gasteiger partial charge is 0.496 e. The summed E-state index contributed by atoms with van der Waals surface area (Å²) < 4.78 is 5.53. The first-order valence-corrected chi connectivity index (χ1v) is 10.6. The zero-order valence-corrected chi connectivity index (χ0v) is 18.7. The maximum Gasteiger partial charge on any atom is 0.271 e. The number of nitrogens with two attached hydrogens (primary N) is 1. The van der Waals surface area contributed by atoms with Gasteiger partial charge in [0.2, 0.25) is 0 Å². The number of anilines is 1. The molecule has 2 aromatic carbocycles. The summed E-state index contributed by atoms with van der Waals surface area (Å²) in [7, 11) is 5.02. The Morgan fingerprint density at radius 2 is 1.91 bits per heavy atom. The number of amides is 2. The van der Waals surface area contributed by atoms with Crippen molar-refractivity contribution in [2.75, 3.05) is 26.5 Å². The van der Waals surface area contributed by atoms with Crippen LogP contribution >= 0.6 is 0 Å². The topological polar surface area (TPSA) is 110 Å². The Balaban J connectivity index is 1.82. The number of ether oxygens (including phenoxy) is 1. The molecule has 8 heteroatoms. The van der Waals surface area contributed by atoms with Crippen LogP contribution in [0.25, 0.3) is 22.0 Å². The SMILES string of the molecule is COc1ccc(C(=O)N(C)C)cc1-c1ccc2c(N[C@H](C)C3CC3)c(C(N)=O)nnc2c1. The third-order valence-corrected chi connectivity index (χ3v) is 5.86.